The molecule has 16 heavy (non-hydrogen) atoms. The number of hydrogen-bond donors (Lipinski definition) is 0. The van der Waals surface area contributed by atoms with E-state index in [1.807, 2.05) is 0 Å². The van der Waals surface area contributed by atoms with Crippen LogP contribution in [0.4, 0.5) is 43.9 Å². The molecule has 0 N–H and O–H groups in total. The van der Waals surface area contributed by atoms with Crippen LogP contribution in [0.3, 0.4) is 0 Å². The minimum atomic E-state index is -6.41. The van der Waals surface area contributed by atoms with Gasteiger partial charge in [0.15, 0.2) is 0 Å². The van der Waals surface area contributed by atoms with Crippen molar-refractivity contribution in [3.05, 3.63) is 0 Å². The Kier molecular flexibility index (Phi) is 4.52. The first-order valence-electron chi connectivity index (χ1n) is 3.01. The molecule has 0 unspecified atom stereocenters. The average molecular weight is 440 g/mol. The second-order valence-electron chi connectivity index (χ2n) is 2.36. The molecule has 0 aromatic rings. The molecule has 0 fully saturated rings. The summed E-state index contributed by atoms with van der Waals surface area (Å²) in [6, 6.07) is 0. The normalized spacial score (nSPS) is 15.8. The number of halogens is 11. The maximum absolute atomic E-state index is 12.3. The zero-order chi connectivity index (χ0) is 13.6. The third-order valence-corrected chi connectivity index (χ3v) is 10.6. The van der Waals surface area contributed by atoms with Crippen molar-refractivity contribution in [2.45, 2.75) is 21.8 Å². The van der Waals surface area contributed by atoms with E-state index in [0.29, 0.717) is 0 Å². The molecule has 0 aliphatic rings. The molecular weight excluding hydrogens is 440 g/mol. The molecule has 0 rings (SSSR count). The van der Waals surface area contributed by atoms with E-state index < -0.39 is 33.1 Å². The SMILES string of the molecule is FC(F)(F)C(F)(F)[As](I)C(F)(F)C(F)(F)F. The summed E-state index contributed by atoms with van der Waals surface area (Å²) in [6.45, 7) is 0. The van der Waals surface area contributed by atoms with Crippen LogP contribution >= 0.6 is 20.1 Å². The van der Waals surface area contributed by atoms with Gasteiger partial charge in [0.1, 0.15) is 0 Å². The van der Waals surface area contributed by atoms with Crippen molar-refractivity contribution in [3.8, 4) is 0 Å². The van der Waals surface area contributed by atoms with Crippen LogP contribution in [0.15, 0.2) is 0 Å². The second-order valence-corrected chi connectivity index (χ2v) is 10.9. The van der Waals surface area contributed by atoms with E-state index in [4.69, 9.17) is 0 Å². The molecule has 0 aromatic carbocycles. The molecule has 0 saturated heterocycles. The van der Waals surface area contributed by atoms with Gasteiger partial charge in [-0.05, 0) is 0 Å². The summed E-state index contributed by atoms with van der Waals surface area (Å²) in [6.07, 6.45) is -12.8. The number of hydrogen-bond acceptors (Lipinski definition) is 0. The van der Waals surface area contributed by atoms with Crippen LogP contribution in [-0.2, 0) is 0 Å². The Balaban J connectivity index is 5.30. The summed E-state index contributed by atoms with van der Waals surface area (Å²) in [5.41, 5.74) is 0. The van der Waals surface area contributed by atoms with Crippen LogP contribution in [0.2, 0.25) is 0 Å². The van der Waals surface area contributed by atoms with Crippen LogP contribution in [0.25, 0.3) is 0 Å². The molecule has 0 nitrogen and oxygen atoms in total. The van der Waals surface area contributed by atoms with Gasteiger partial charge in [-0.3, -0.25) is 0 Å². The summed E-state index contributed by atoms with van der Waals surface area (Å²) in [4.78, 5) is 0. The van der Waals surface area contributed by atoms with Crippen LogP contribution in [0.1, 0.15) is 0 Å². The van der Waals surface area contributed by atoms with E-state index in [1.54, 1.807) is 0 Å². The zero-order valence-electron chi connectivity index (χ0n) is 6.60. The van der Waals surface area contributed by atoms with Crippen LogP contribution in [-0.4, -0.2) is 33.1 Å². The summed E-state index contributed by atoms with van der Waals surface area (Å²) in [5.74, 6) is 0. The summed E-state index contributed by atoms with van der Waals surface area (Å²) >= 11 is -6.01. The molecule has 0 aliphatic heterocycles. The van der Waals surface area contributed by atoms with Gasteiger partial charge in [-0.25, -0.2) is 0 Å². The number of alkyl halides is 10. The van der Waals surface area contributed by atoms with Gasteiger partial charge in [0, 0.05) is 0 Å². The zero-order valence-corrected chi connectivity index (χ0v) is 10.6. The van der Waals surface area contributed by atoms with Crippen molar-refractivity contribution in [2.24, 2.45) is 0 Å². The van der Waals surface area contributed by atoms with E-state index in [-0.39, 0.29) is 20.1 Å². The van der Waals surface area contributed by atoms with Gasteiger partial charge >= 0.3 is 97.1 Å². The third-order valence-electron chi connectivity index (χ3n) is 1.18. The predicted molar refractivity (Wildman–Crippen MR) is 41.8 cm³/mol. The van der Waals surface area contributed by atoms with Crippen molar-refractivity contribution < 1.29 is 43.9 Å². The Bertz CT molecular complexity index is 227. The van der Waals surface area contributed by atoms with Gasteiger partial charge in [0.05, 0.1) is 0 Å². The van der Waals surface area contributed by atoms with Gasteiger partial charge in [0.25, 0.3) is 0 Å². The predicted octanol–water partition coefficient (Wildman–Crippen LogP) is 3.89. The van der Waals surface area contributed by atoms with E-state index >= 15 is 0 Å². The van der Waals surface area contributed by atoms with Gasteiger partial charge in [-0.1, -0.05) is 0 Å². The molecule has 0 aromatic heterocycles. The molecule has 0 spiro atoms. The van der Waals surface area contributed by atoms with Crippen molar-refractivity contribution >= 4 is 31.4 Å². The van der Waals surface area contributed by atoms with Crippen molar-refractivity contribution in [1.82, 2.24) is 0 Å². The molecule has 0 atom stereocenters. The first-order chi connectivity index (χ1) is 6.65. The van der Waals surface area contributed by atoms with E-state index in [9.17, 15) is 43.9 Å². The van der Waals surface area contributed by atoms with Crippen LogP contribution < -0.4 is 0 Å². The van der Waals surface area contributed by atoms with Gasteiger partial charge in [0.2, 0.25) is 0 Å². The van der Waals surface area contributed by atoms with Crippen molar-refractivity contribution in [1.29, 1.82) is 0 Å². The van der Waals surface area contributed by atoms with Crippen LogP contribution in [0, 0.1) is 0 Å². The Labute approximate surface area is 97.1 Å². The Morgan fingerprint density at radius 3 is 0.875 bits per heavy atom. The molecule has 0 aliphatic carbocycles. The summed E-state index contributed by atoms with van der Waals surface area (Å²) < 4.78 is 107. The van der Waals surface area contributed by atoms with Gasteiger partial charge < -0.3 is 0 Å². The fourth-order valence-electron chi connectivity index (χ4n) is 0.399. The van der Waals surface area contributed by atoms with E-state index in [2.05, 4.69) is 0 Å². The second kappa shape index (κ2) is 4.36. The van der Waals surface area contributed by atoms with E-state index in [1.165, 1.54) is 0 Å². The average Bonchev–Trinajstić information content (AvgIpc) is 1.98. The first kappa shape index (κ1) is 16.6. The Hall–Kier alpha value is 0.588. The van der Waals surface area contributed by atoms with Gasteiger partial charge in [-0.15, -0.1) is 0 Å². The molecule has 12 heteroatoms. The van der Waals surface area contributed by atoms with Crippen molar-refractivity contribution in [3.63, 3.8) is 0 Å². The fraction of sp³-hybridized carbons (Fsp3) is 1.00. The minimum absolute atomic E-state index is 0.117. The molecule has 0 saturated carbocycles. The summed E-state index contributed by atoms with van der Waals surface area (Å²) in [7, 11) is 0. The molecule has 0 amide bonds. The van der Waals surface area contributed by atoms with Crippen LogP contribution in [0.5, 0.6) is 0 Å². The fourth-order valence-corrected chi connectivity index (χ4v) is 4.92. The summed E-state index contributed by atoms with van der Waals surface area (Å²) in [5, 5.41) is 0. The topological polar surface area (TPSA) is 0 Å². The molecular formula is C4AsF10I. The standard InChI is InChI=1S/C4AsF10I/c6-1(7,3(10,11)12)5(16)2(8,9)4(13,14)15. The number of rotatable bonds is 2. The molecule has 0 bridgehead atoms. The maximum atomic E-state index is 12.3. The van der Waals surface area contributed by atoms with Gasteiger partial charge in [-0.2, -0.15) is 0 Å². The van der Waals surface area contributed by atoms with Crippen molar-refractivity contribution in [2.75, 3.05) is 0 Å². The van der Waals surface area contributed by atoms with E-state index in [0.717, 1.165) is 0 Å². The molecule has 98 valence electrons. The quantitative estimate of drug-likeness (QED) is 0.348. The molecule has 0 heterocycles. The Morgan fingerprint density at radius 2 is 0.750 bits per heavy atom. The monoisotopic (exact) mass is 440 g/mol. The first-order valence-corrected chi connectivity index (χ1v) is 10.6. The Morgan fingerprint density at radius 1 is 0.562 bits per heavy atom. The third kappa shape index (κ3) is 2.88. The molecule has 0 radical (unpaired) electrons.